The Morgan fingerprint density at radius 2 is 1.97 bits per heavy atom. The van der Waals surface area contributed by atoms with E-state index in [1.807, 2.05) is 32.5 Å². The highest BCUT2D eigenvalue weighted by Crippen LogP contribution is 2.18. The smallest absolute Gasteiger partial charge is 0.263 e. The summed E-state index contributed by atoms with van der Waals surface area (Å²) < 4.78 is 3.12. The van der Waals surface area contributed by atoms with Crippen LogP contribution in [0.4, 0.5) is 0 Å². The SMILES string of the molecule is Cc1nn(C)c(C)c1C[C@H](C)NC(=O)Cn1cccc(C(=O)NC2CCCC2)c1=O. The lowest BCUT2D eigenvalue weighted by molar-refractivity contribution is -0.122. The van der Waals surface area contributed by atoms with Crippen LogP contribution in [-0.4, -0.2) is 38.2 Å². The van der Waals surface area contributed by atoms with E-state index in [4.69, 9.17) is 0 Å². The summed E-state index contributed by atoms with van der Waals surface area (Å²) in [6.45, 7) is 5.76. The number of aryl methyl sites for hydroxylation is 2. The normalized spacial score (nSPS) is 15.2. The predicted octanol–water partition coefficient (Wildman–Crippen LogP) is 1.62. The highest BCUT2D eigenvalue weighted by atomic mass is 16.2. The number of pyridine rings is 1. The van der Waals surface area contributed by atoms with Gasteiger partial charge in [0.1, 0.15) is 12.1 Å². The maximum Gasteiger partial charge on any atom is 0.263 e. The van der Waals surface area contributed by atoms with Crippen LogP contribution in [0.1, 0.15) is 59.9 Å². The Hall–Kier alpha value is -2.90. The van der Waals surface area contributed by atoms with Crippen molar-refractivity contribution in [3.05, 3.63) is 51.2 Å². The minimum absolute atomic E-state index is 0.0758. The molecule has 3 rings (SSSR count). The average molecular weight is 414 g/mol. The monoisotopic (exact) mass is 413 g/mol. The maximum atomic E-state index is 12.7. The van der Waals surface area contributed by atoms with Crippen molar-refractivity contribution in [2.45, 2.75) is 71.5 Å². The molecule has 2 aromatic rings. The number of hydrogen-bond donors (Lipinski definition) is 2. The first kappa shape index (κ1) is 21.8. The number of carbonyl (C=O) groups is 2. The first-order valence-electron chi connectivity index (χ1n) is 10.5. The number of carbonyl (C=O) groups excluding carboxylic acids is 2. The number of rotatable bonds is 7. The minimum Gasteiger partial charge on any atom is -0.352 e. The van der Waals surface area contributed by atoms with Gasteiger partial charge in [-0.3, -0.25) is 19.1 Å². The molecule has 0 radical (unpaired) electrons. The van der Waals surface area contributed by atoms with Crippen molar-refractivity contribution in [2.75, 3.05) is 0 Å². The molecule has 1 saturated carbocycles. The van der Waals surface area contributed by atoms with Crippen LogP contribution in [0.5, 0.6) is 0 Å². The molecular weight excluding hydrogens is 382 g/mol. The van der Waals surface area contributed by atoms with E-state index in [1.54, 1.807) is 6.07 Å². The minimum atomic E-state index is -0.449. The molecule has 1 aliphatic rings. The van der Waals surface area contributed by atoms with Gasteiger partial charge < -0.3 is 15.2 Å². The topological polar surface area (TPSA) is 98.0 Å². The zero-order valence-corrected chi connectivity index (χ0v) is 18.2. The summed E-state index contributed by atoms with van der Waals surface area (Å²) in [5.41, 5.74) is 2.77. The van der Waals surface area contributed by atoms with Crippen molar-refractivity contribution in [1.82, 2.24) is 25.0 Å². The van der Waals surface area contributed by atoms with E-state index in [0.717, 1.165) is 42.6 Å². The third-order valence-corrected chi connectivity index (χ3v) is 5.85. The van der Waals surface area contributed by atoms with E-state index in [2.05, 4.69) is 15.7 Å². The largest absolute Gasteiger partial charge is 0.352 e. The highest BCUT2D eigenvalue weighted by Gasteiger charge is 2.21. The lowest BCUT2D eigenvalue weighted by Gasteiger charge is -2.16. The molecule has 0 unspecified atom stereocenters. The lowest BCUT2D eigenvalue weighted by atomic mass is 10.1. The molecule has 1 aliphatic carbocycles. The van der Waals surface area contributed by atoms with E-state index in [9.17, 15) is 14.4 Å². The molecule has 1 atom stereocenters. The Bertz CT molecular complexity index is 985. The molecule has 2 N–H and O–H groups in total. The fraction of sp³-hybridized carbons (Fsp3) is 0.545. The Kier molecular flexibility index (Phi) is 6.74. The molecule has 0 saturated heterocycles. The summed E-state index contributed by atoms with van der Waals surface area (Å²) >= 11 is 0. The van der Waals surface area contributed by atoms with Gasteiger partial charge in [-0.2, -0.15) is 5.10 Å². The van der Waals surface area contributed by atoms with Gasteiger partial charge in [0.2, 0.25) is 5.91 Å². The molecule has 2 heterocycles. The fourth-order valence-corrected chi connectivity index (χ4v) is 4.11. The molecule has 162 valence electrons. The van der Waals surface area contributed by atoms with Gasteiger partial charge in [-0.1, -0.05) is 12.8 Å². The van der Waals surface area contributed by atoms with Gasteiger partial charge in [0.25, 0.3) is 11.5 Å². The second kappa shape index (κ2) is 9.28. The van der Waals surface area contributed by atoms with Crippen molar-refractivity contribution in [1.29, 1.82) is 0 Å². The van der Waals surface area contributed by atoms with Crippen molar-refractivity contribution in [3.8, 4) is 0 Å². The van der Waals surface area contributed by atoms with Crippen LogP contribution in [0.25, 0.3) is 0 Å². The quantitative estimate of drug-likeness (QED) is 0.721. The Morgan fingerprint density at radius 3 is 2.60 bits per heavy atom. The Labute approximate surface area is 176 Å². The van der Waals surface area contributed by atoms with Crippen LogP contribution >= 0.6 is 0 Å². The second-order valence-corrected chi connectivity index (χ2v) is 8.26. The Morgan fingerprint density at radius 1 is 1.27 bits per heavy atom. The van der Waals surface area contributed by atoms with E-state index >= 15 is 0 Å². The molecular formula is C22H31N5O3. The van der Waals surface area contributed by atoms with Crippen molar-refractivity contribution < 1.29 is 9.59 Å². The van der Waals surface area contributed by atoms with Gasteiger partial charge in [-0.25, -0.2) is 0 Å². The summed E-state index contributed by atoms with van der Waals surface area (Å²) in [6.07, 6.45) is 6.29. The number of hydrogen-bond acceptors (Lipinski definition) is 4. The van der Waals surface area contributed by atoms with Crippen LogP contribution in [-0.2, 0) is 24.8 Å². The lowest BCUT2D eigenvalue weighted by Crippen LogP contribution is -2.41. The van der Waals surface area contributed by atoms with Crippen molar-refractivity contribution >= 4 is 11.8 Å². The molecule has 30 heavy (non-hydrogen) atoms. The van der Waals surface area contributed by atoms with Gasteiger partial charge in [-0.05, 0) is 57.7 Å². The maximum absolute atomic E-state index is 12.7. The number of nitrogens with zero attached hydrogens (tertiary/aromatic N) is 3. The third kappa shape index (κ3) is 4.98. The zero-order chi connectivity index (χ0) is 21.8. The summed E-state index contributed by atoms with van der Waals surface area (Å²) in [4.78, 5) is 37.7. The Balaban J connectivity index is 1.62. The highest BCUT2D eigenvalue weighted by molar-refractivity contribution is 5.94. The molecule has 2 aromatic heterocycles. The molecule has 8 heteroatoms. The number of amides is 2. The van der Waals surface area contributed by atoms with E-state index in [1.165, 1.54) is 16.8 Å². The van der Waals surface area contributed by atoms with Crippen LogP contribution in [0.15, 0.2) is 23.1 Å². The van der Waals surface area contributed by atoms with Gasteiger partial charge in [0, 0.05) is 31.0 Å². The third-order valence-electron chi connectivity index (χ3n) is 5.85. The molecule has 2 amide bonds. The zero-order valence-electron chi connectivity index (χ0n) is 18.2. The van der Waals surface area contributed by atoms with Crippen LogP contribution in [0, 0.1) is 13.8 Å². The second-order valence-electron chi connectivity index (χ2n) is 8.26. The predicted molar refractivity (Wildman–Crippen MR) is 114 cm³/mol. The van der Waals surface area contributed by atoms with Gasteiger partial charge >= 0.3 is 0 Å². The van der Waals surface area contributed by atoms with Gasteiger partial charge in [0.05, 0.1) is 5.69 Å². The summed E-state index contributed by atoms with van der Waals surface area (Å²) in [5.74, 6) is -0.630. The molecule has 0 bridgehead atoms. The van der Waals surface area contributed by atoms with Crippen LogP contribution < -0.4 is 16.2 Å². The van der Waals surface area contributed by atoms with Crippen molar-refractivity contribution in [3.63, 3.8) is 0 Å². The average Bonchev–Trinajstić information content (AvgIpc) is 3.27. The molecule has 0 aliphatic heterocycles. The summed E-state index contributed by atoms with van der Waals surface area (Å²) in [6, 6.07) is 3.17. The van der Waals surface area contributed by atoms with E-state index < -0.39 is 5.56 Å². The molecule has 8 nitrogen and oxygen atoms in total. The summed E-state index contributed by atoms with van der Waals surface area (Å²) in [7, 11) is 1.90. The van der Waals surface area contributed by atoms with E-state index in [-0.39, 0.29) is 36.0 Å². The van der Waals surface area contributed by atoms with Crippen LogP contribution in [0.2, 0.25) is 0 Å². The van der Waals surface area contributed by atoms with Gasteiger partial charge in [0.15, 0.2) is 0 Å². The summed E-state index contributed by atoms with van der Waals surface area (Å²) in [5, 5.41) is 10.3. The number of nitrogens with one attached hydrogen (secondary N) is 2. The first-order valence-corrected chi connectivity index (χ1v) is 10.5. The molecule has 0 spiro atoms. The molecule has 0 aromatic carbocycles. The van der Waals surface area contributed by atoms with Gasteiger partial charge in [-0.15, -0.1) is 0 Å². The fourth-order valence-electron chi connectivity index (χ4n) is 4.11. The van der Waals surface area contributed by atoms with E-state index in [0.29, 0.717) is 6.42 Å². The van der Waals surface area contributed by atoms with Crippen LogP contribution in [0.3, 0.4) is 0 Å². The standard InChI is InChI=1S/C22H31N5O3/c1-14(12-19-15(2)25-26(4)16(19)3)23-20(28)13-27-11-7-10-18(22(27)30)21(29)24-17-8-5-6-9-17/h7,10-11,14,17H,5-6,8-9,12-13H2,1-4H3,(H,23,28)(H,24,29)/t14-/m0/s1. The first-order chi connectivity index (χ1) is 14.3. The molecule has 1 fully saturated rings. The number of aromatic nitrogens is 3. The van der Waals surface area contributed by atoms with Crippen molar-refractivity contribution in [2.24, 2.45) is 7.05 Å².